The lowest BCUT2D eigenvalue weighted by Gasteiger charge is -2.04. The van der Waals surface area contributed by atoms with Crippen molar-refractivity contribution < 1.29 is 9.21 Å². The van der Waals surface area contributed by atoms with Crippen molar-refractivity contribution >= 4 is 17.5 Å². The summed E-state index contributed by atoms with van der Waals surface area (Å²) in [6, 6.07) is 10.9. The first-order valence-electron chi connectivity index (χ1n) is 7.44. The quantitative estimate of drug-likeness (QED) is 0.744. The second-order valence-corrected chi connectivity index (χ2v) is 5.58. The lowest BCUT2D eigenvalue weighted by Crippen LogP contribution is -2.23. The van der Waals surface area contributed by atoms with E-state index in [2.05, 4.69) is 20.5 Å². The number of aromatic nitrogens is 3. The number of carbonyl (C=O) groups excluding carboxylic acids is 1. The number of carbonyl (C=O) groups is 1. The topological polar surface area (TPSA) is 80.9 Å². The van der Waals surface area contributed by atoms with Crippen LogP contribution in [0.3, 0.4) is 0 Å². The zero-order chi connectivity index (χ0) is 16.8. The highest BCUT2D eigenvalue weighted by Gasteiger charge is 2.10. The van der Waals surface area contributed by atoms with Crippen molar-refractivity contribution in [2.45, 2.75) is 19.4 Å². The number of amides is 1. The van der Waals surface area contributed by atoms with E-state index in [0.717, 1.165) is 11.1 Å². The Morgan fingerprint density at radius 3 is 2.58 bits per heavy atom. The summed E-state index contributed by atoms with van der Waals surface area (Å²) in [7, 11) is 0. The molecular formula is C17H15ClN4O2. The summed E-state index contributed by atoms with van der Waals surface area (Å²) in [5, 5.41) is 11.5. The first-order valence-corrected chi connectivity index (χ1v) is 7.82. The van der Waals surface area contributed by atoms with Gasteiger partial charge in [0.2, 0.25) is 17.7 Å². The van der Waals surface area contributed by atoms with E-state index in [1.165, 1.54) is 0 Å². The fraction of sp³-hybridized carbons (Fsp3) is 0.176. The van der Waals surface area contributed by atoms with Gasteiger partial charge in [0.1, 0.15) is 0 Å². The van der Waals surface area contributed by atoms with Crippen LogP contribution in [0.5, 0.6) is 0 Å². The molecule has 6 nitrogen and oxygen atoms in total. The van der Waals surface area contributed by atoms with Gasteiger partial charge in [0.25, 0.3) is 0 Å². The first-order chi connectivity index (χ1) is 11.7. The van der Waals surface area contributed by atoms with Gasteiger partial charge in [0.05, 0.1) is 0 Å². The van der Waals surface area contributed by atoms with Gasteiger partial charge in [-0.1, -0.05) is 23.7 Å². The molecule has 0 bridgehead atoms. The normalized spacial score (nSPS) is 10.5. The maximum Gasteiger partial charge on any atom is 0.247 e. The molecule has 3 rings (SSSR count). The molecule has 1 aromatic carbocycles. The third-order valence-electron chi connectivity index (χ3n) is 3.36. The van der Waals surface area contributed by atoms with Crippen LogP contribution in [0.4, 0.5) is 0 Å². The number of pyridine rings is 1. The molecule has 24 heavy (non-hydrogen) atoms. The molecule has 122 valence electrons. The number of benzene rings is 1. The molecule has 0 radical (unpaired) electrons. The first kappa shape index (κ1) is 16.1. The van der Waals surface area contributed by atoms with Gasteiger partial charge < -0.3 is 9.73 Å². The predicted molar refractivity (Wildman–Crippen MR) is 89.1 cm³/mol. The van der Waals surface area contributed by atoms with Crippen LogP contribution < -0.4 is 5.32 Å². The molecule has 0 aliphatic rings. The van der Waals surface area contributed by atoms with Gasteiger partial charge in [0.15, 0.2) is 0 Å². The smallest absolute Gasteiger partial charge is 0.247 e. The Morgan fingerprint density at radius 2 is 1.83 bits per heavy atom. The summed E-state index contributed by atoms with van der Waals surface area (Å²) in [5.41, 5.74) is 1.79. The minimum absolute atomic E-state index is 0.0754. The third kappa shape index (κ3) is 4.39. The molecular weight excluding hydrogens is 328 g/mol. The van der Waals surface area contributed by atoms with Gasteiger partial charge in [-0.05, 0) is 29.8 Å². The molecule has 2 aromatic heterocycles. The number of nitrogens with zero attached hydrogens (tertiary/aromatic N) is 3. The Morgan fingerprint density at radius 1 is 1.08 bits per heavy atom. The highest BCUT2D eigenvalue weighted by molar-refractivity contribution is 6.30. The van der Waals surface area contributed by atoms with Gasteiger partial charge in [0, 0.05) is 42.4 Å². The minimum atomic E-state index is -0.0754. The zero-order valence-corrected chi connectivity index (χ0v) is 13.5. The number of halogens is 1. The highest BCUT2D eigenvalue weighted by Crippen LogP contribution is 2.16. The molecule has 0 fully saturated rings. The second kappa shape index (κ2) is 7.70. The summed E-state index contributed by atoms with van der Waals surface area (Å²) in [6.45, 7) is 0.460. The fourth-order valence-corrected chi connectivity index (χ4v) is 2.20. The standard InChI is InChI=1S/C17H15ClN4O2/c18-14-3-1-12(2-4-14)11-20-15(23)5-6-16-21-22-17(24-16)13-7-9-19-10-8-13/h1-4,7-10H,5-6,11H2,(H,20,23). The van der Waals surface area contributed by atoms with Crippen molar-refractivity contribution in [1.29, 1.82) is 0 Å². The van der Waals surface area contributed by atoms with E-state index in [1.54, 1.807) is 36.7 Å². The Labute approximate surface area is 143 Å². The maximum absolute atomic E-state index is 11.9. The summed E-state index contributed by atoms with van der Waals surface area (Å²) < 4.78 is 5.55. The van der Waals surface area contributed by atoms with E-state index in [1.807, 2.05) is 12.1 Å². The molecule has 0 atom stereocenters. The summed E-state index contributed by atoms with van der Waals surface area (Å²) >= 11 is 5.82. The molecule has 0 aliphatic carbocycles. The van der Waals surface area contributed by atoms with Crippen LogP contribution in [0.1, 0.15) is 17.9 Å². The molecule has 0 saturated carbocycles. The monoisotopic (exact) mass is 342 g/mol. The third-order valence-corrected chi connectivity index (χ3v) is 3.61. The van der Waals surface area contributed by atoms with Crippen molar-refractivity contribution in [2.24, 2.45) is 0 Å². The number of rotatable bonds is 6. The molecule has 0 aliphatic heterocycles. The van der Waals surface area contributed by atoms with E-state index in [-0.39, 0.29) is 12.3 Å². The van der Waals surface area contributed by atoms with Crippen molar-refractivity contribution in [1.82, 2.24) is 20.5 Å². The van der Waals surface area contributed by atoms with Crippen LogP contribution in [-0.4, -0.2) is 21.1 Å². The molecule has 7 heteroatoms. The largest absolute Gasteiger partial charge is 0.421 e. The second-order valence-electron chi connectivity index (χ2n) is 5.14. The van der Waals surface area contributed by atoms with Crippen molar-refractivity contribution in [3.63, 3.8) is 0 Å². The zero-order valence-electron chi connectivity index (χ0n) is 12.8. The molecule has 0 saturated heterocycles. The van der Waals surface area contributed by atoms with Crippen LogP contribution in [0.2, 0.25) is 5.02 Å². The number of aryl methyl sites for hydroxylation is 1. The molecule has 3 aromatic rings. The Balaban J connectivity index is 1.48. The summed E-state index contributed by atoms with van der Waals surface area (Å²) in [5.74, 6) is 0.783. The molecule has 1 amide bonds. The van der Waals surface area contributed by atoms with E-state index < -0.39 is 0 Å². The summed E-state index contributed by atoms with van der Waals surface area (Å²) in [4.78, 5) is 15.8. The highest BCUT2D eigenvalue weighted by atomic mass is 35.5. The minimum Gasteiger partial charge on any atom is -0.421 e. The van der Waals surface area contributed by atoms with E-state index in [9.17, 15) is 4.79 Å². The van der Waals surface area contributed by atoms with E-state index in [0.29, 0.717) is 29.8 Å². The van der Waals surface area contributed by atoms with Crippen molar-refractivity contribution in [3.8, 4) is 11.5 Å². The van der Waals surface area contributed by atoms with Crippen molar-refractivity contribution in [2.75, 3.05) is 0 Å². The van der Waals surface area contributed by atoms with E-state index >= 15 is 0 Å². The molecule has 1 N–H and O–H groups in total. The molecule has 0 spiro atoms. The number of hydrogen-bond acceptors (Lipinski definition) is 5. The Kier molecular flexibility index (Phi) is 5.18. The average molecular weight is 343 g/mol. The molecule has 2 heterocycles. The van der Waals surface area contributed by atoms with Crippen molar-refractivity contribution in [3.05, 3.63) is 65.3 Å². The van der Waals surface area contributed by atoms with Crippen LogP contribution in [0.15, 0.2) is 53.2 Å². The summed E-state index contributed by atoms with van der Waals surface area (Å²) in [6.07, 6.45) is 3.99. The van der Waals surface area contributed by atoms with Gasteiger partial charge in [-0.2, -0.15) is 0 Å². The van der Waals surface area contributed by atoms with Crippen LogP contribution in [0.25, 0.3) is 11.5 Å². The SMILES string of the molecule is O=C(CCc1nnc(-c2ccncc2)o1)NCc1ccc(Cl)cc1. The fourth-order valence-electron chi connectivity index (χ4n) is 2.08. The number of hydrogen-bond donors (Lipinski definition) is 1. The van der Waals surface area contributed by atoms with Gasteiger partial charge >= 0.3 is 0 Å². The van der Waals surface area contributed by atoms with Gasteiger partial charge in [-0.3, -0.25) is 9.78 Å². The van der Waals surface area contributed by atoms with Crippen LogP contribution in [-0.2, 0) is 17.8 Å². The average Bonchev–Trinajstić information content (AvgIpc) is 3.09. The van der Waals surface area contributed by atoms with Crippen LogP contribution >= 0.6 is 11.6 Å². The number of nitrogens with one attached hydrogen (secondary N) is 1. The Hall–Kier alpha value is -2.73. The Bertz CT molecular complexity index is 803. The van der Waals surface area contributed by atoms with E-state index in [4.69, 9.17) is 16.0 Å². The molecule has 0 unspecified atom stereocenters. The van der Waals surface area contributed by atoms with Gasteiger partial charge in [-0.25, -0.2) is 0 Å². The lowest BCUT2D eigenvalue weighted by atomic mass is 10.2. The predicted octanol–water partition coefficient (Wildman–Crippen LogP) is 3.03. The van der Waals surface area contributed by atoms with Gasteiger partial charge in [-0.15, -0.1) is 10.2 Å². The van der Waals surface area contributed by atoms with Crippen LogP contribution in [0, 0.1) is 0 Å². The maximum atomic E-state index is 11.9. The lowest BCUT2D eigenvalue weighted by molar-refractivity contribution is -0.121.